The van der Waals surface area contributed by atoms with Gasteiger partial charge in [0.05, 0.1) is 11.4 Å². The second-order valence-electron chi connectivity index (χ2n) is 4.66. The van der Waals surface area contributed by atoms with Crippen LogP contribution in [0.4, 0.5) is 4.39 Å². The van der Waals surface area contributed by atoms with Gasteiger partial charge >= 0.3 is 0 Å². The Bertz CT molecular complexity index is 633. The van der Waals surface area contributed by atoms with Crippen LogP contribution < -0.4 is 10.5 Å². The number of benzene rings is 1. The molecule has 0 aliphatic carbocycles. The maximum absolute atomic E-state index is 13.3. The summed E-state index contributed by atoms with van der Waals surface area (Å²) in [5.41, 5.74) is 5.41. The summed E-state index contributed by atoms with van der Waals surface area (Å²) in [6, 6.07) is 3.32. The molecule has 1 atom stereocenters. The van der Waals surface area contributed by atoms with E-state index in [1.165, 1.54) is 6.07 Å². The molecule has 0 amide bonds. The first kappa shape index (κ1) is 17.6. The number of nitrogens with two attached hydrogens (primary N) is 1. The van der Waals surface area contributed by atoms with Gasteiger partial charge in [0, 0.05) is 11.6 Å². The number of hydrogen-bond acceptors (Lipinski definition) is 3. The molecule has 1 aromatic rings. The van der Waals surface area contributed by atoms with Gasteiger partial charge in [-0.15, -0.1) is 0 Å². The first-order valence-electron chi connectivity index (χ1n) is 6.95. The number of rotatable bonds is 6. The Hall–Kier alpha value is -1.42. The maximum atomic E-state index is 13.3. The van der Waals surface area contributed by atoms with Crippen LogP contribution in [0.1, 0.15) is 38.7 Å². The number of hydrogen-bond donors (Lipinski definition) is 2. The van der Waals surface area contributed by atoms with Crippen molar-refractivity contribution in [2.24, 2.45) is 5.73 Å². The summed E-state index contributed by atoms with van der Waals surface area (Å²) in [7, 11) is -3.73. The van der Waals surface area contributed by atoms with Crippen molar-refractivity contribution in [1.29, 1.82) is 0 Å². The van der Waals surface area contributed by atoms with E-state index in [9.17, 15) is 12.8 Å². The third kappa shape index (κ3) is 5.12. The Morgan fingerprint density at radius 3 is 2.67 bits per heavy atom. The Balaban J connectivity index is 3.18. The second-order valence-corrected chi connectivity index (χ2v) is 6.34. The van der Waals surface area contributed by atoms with Gasteiger partial charge in [-0.1, -0.05) is 32.1 Å². The zero-order valence-corrected chi connectivity index (χ0v) is 13.1. The Morgan fingerprint density at radius 2 is 2.10 bits per heavy atom. The minimum atomic E-state index is -3.73. The Morgan fingerprint density at radius 1 is 1.38 bits per heavy atom. The lowest BCUT2D eigenvalue weighted by Crippen LogP contribution is -2.34. The van der Waals surface area contributed by atoms with E-state index in [-0.39, 0.29) is 23.0 Å². The van der Waals surface area contributed by atoms with E-state index in [0.29, 0.717) is 6.42 Å². The molecule has 1 unspecified atom stereocenters. The highest BCUT2D eigenvalue weighted by Gasteiger charge is 2.21. The van der Waals surface area contributed by atoms with Gasteiger partial charge in [0.2, 0.25) is 10.0 Å². The standard InChI is InChI=1S/C15H21FN2O2S/c1-3-6-14(4-2)18-21(19,20)15-9-8-13(16)11-12(15)7-5-10-17/h8-9,11,14,18H,3-4,6,10,17H2,1-2H3. The van der Waals surface area contributed by atoms with Gasteiger partial charge in [-0.05, 0) is 31.0 Å². The molecule has 0 bridgehead atoms. The molecule has 0 fully saturated rings. The molecule has 0 radical (unpaired) electrons. The number of sulfonamides is 1. The molecule has 0 aromatic heterocycles. The van der Waals surface area contributed by atoms with Crippen molar-refractivity contribution in [2.45, 2.75) is 44.0 Å². The highest BCUT2D eigenvalue weighted by atomic mass is 32.2. The van der Waals surface area contributed by atoms with Gasteiger partial charge < -0.3 is 5.73 Å². The van der Waals surface area contributed by atoms with Crippen LogP contribution in [0, 0.1) is 17.7 Å². The molecule has 4 nitrogen and oxygen atoms in total. The Labute approximate surface area is 126 Å². The summed E-state index contributed by atoms with van der Waals surface area (Å²) in [5, 5.41) is 0. The molecule has 0 heterocycles. The zero-order valence-electron chi connectivity index (χ0n) is 12.3. The average Bonchev–Trinajstić information content (AvgIpc) is 2.44. The molecule has 1 rings (SSSR count). The zero-order chi connectivity index (χ0) is 15.9. The topological polar surface area (TPSA) is 72.2 Å². The van der Waals surface area contributed by atoms with Crippen molar-refractivity contribution >= 4 is 10.0 Å². The molecule has 0 saturated carbocycles. The summed E-state index contributed by atoms with van der Waals surface area (Å²) >= 11 is 0. The van der Waals surface area contributed by atoms with E-state index in [1.807, 2.05) is 13.8 Å². The minimum Gasteiger partial charge on any atom is -0.320 e. The van der Waals surface area contributed by atoms with Gasteiger partial charge in [-0.25, -0.2) is 17.5 Å². The van der Waals surface area contributed by atoms with Crippen molar-refractivity contribution in [3.05, 3.63) is 29.6 Å². The van der Waals surface area contributed by atoms with E-state index in [4.69, 9.17) is 5.73 Å². The molecular weight excluding hydrogens is 291 g/mol. The van der Waals surface area contributed by atoms with E-state index in [2.05, 4.69) is 16.6 Å². The van der Waals surface area contributed by atoms with Gasteiger partial charge in [0.25, 0.3) is 0 Å². The molecule has 21 heavy (non-hydrogen) atoms. The number of halogens is 1. The van der Waals surface area contributed by atoms with Crippen LogP contribution >= 0.6 is 0 Å². The van der Waals surface area contributed by atoms with Gasteiger partial charge in [-0.2, -0.15) is 0 Å². The van der Waals surface area contributed by atoms with Crippen molar-refractivity contribution < 1.29 is 12.8 Å². The molecule has 0 aliphatic rings. The van der Waals surface area contributed by atoms with Crippen LogP contribution in [0.15, 0.2) is 23.1 Å². The Kier molecular flexibility index (Phi) is 6.82. The monoisotopic (exact) mass is 312 g/mol. The summed E-state index contributed by atoms with van der Waals surface area (Å²) in [6.07, 6.45) is 2.32. The average molecular weight is 312 g/mol. The highest BCUT2D eigenvalue weighted by Crippen LogP contribution is 2.18. The van der Waals surface area contributed by atoms with Crippen LogP contribution in [0.25, 0.3) is 0 Å². The molecule has 1 aromatic carbocycles. The third-order valence-electron chi connectivity index (χ3n) is 3.01. The molecular formula is C15H21FN2O2S. The van der Waals surface area contributed by atoms with Crippen molar-refractivity contribution in [1.82, 2.24) is 4.72 Å². The van der Waals surface area contributed by atoms with Crippen LogP contribution in [-0.4, -0.2) is 21.0 Å². The fourth-order valence-electron chi connectivity index (χ4n) is 1.96. The lowest BCUT2D eigenvalue weighted by atomic mass is 10.1. The summed E-state index contributed by atoms with van der Waals surface area (Å²) in [6.45, 7) is 3.99. The van der Waals surface area contributed by atoms with E-state index >= 15 is 0 Å². The van der Waals surface area contributed by atoms with Gasteiger partial charge in [0.15, 0.2) is 0 Å². The van der Waals surface area contributed by atoms with Crippen LogP contribution in [0.3, 0.4) is 0 Å². The molecule has 0 aliphatic heterocycles. The molecule has 6 heteroatoms. The van der Waals surface area contributed by atoms with Crippen molar-refractivity contribution in [2.75, 3.05) is 6.54 Å². The fraction of sp³-hybridized carbons (Fsp3) is 0.467. The SMILES string of the molecule is CCCC(CC)NS(=O)(=O)c1ccc(F)cc1C#CCN. The molecule has 3 N–H and O–H groups in total. The maximum Gasteiger partial charge on any atom is 0.242 e. The minimum absolute atomic E-state index is 0.0144. The smallest absolute Gasteiger partial charge is 0.242 e. The quantitative estimate of drug-likeness (QED) is 0.789. The predicted molar refractivity (Wildman–Crippen MR) is 81.6 cm³/mol. The van der Waals surface area contributed by atoms with E-state index in [0.717, 1.165) is 25.0 Å². The third-order valence-corrected chi connectivity index (χ3v) is 4.59. The second kappa shape index (κ2) is 8.13. The molecule has 0 spiro atoms. The van der Waals surface area contributed by atoms with Crippen LogP contribution in [-0.2, 0) is 10.0 Å². The fourth-order valence-corrected chi connectivity index (χ4v) is 3.46. The van der Waals surface area contributed by atoms with E-state index < -0.39 is 15.8 Å². The van der Waals surface area contributed by atoms with Gasteiger partial charge in [-0.3, -0.25) is 0 Å². The highest BCUT2D eigenvalue weighted by molar-refractivity contribution is 7.89. The summed E-state index contributed by atoms with van der Waals surface area (Å²) < 4.78 is 40.8. The molecule has 116 valence electrons. The first-order valence-corrected chi connectivity index (χ1v) is 8.43. The lowest BCUT2D eigenvalue weighted by molar-refractivity contribution is 0.512. The van der Waals surface area contributed by atoms with Crippen molar-refractivity contribution in [3.8, 4) is 11.8 Å². The summed E-state index contributed by atoms with van der Waals surface area (Å²) in [4.78, 5) is -0.0144. The lowest BCUT2D eigenvalue weighted by Gasteiger charge is -2.17. The molecule has 0 saturated heterocycles. The van der Waals surface area contributed by atoms with E-state index in [1.54, 1.807) is 0 Å². The predicted octanol–water partition coefficient (Wildman–Crippen LogP) is 1.99. The first-order chi connectivity index (χ1) is 9.94. The number of nitrogens with one attached hydrogen (secondary N) is 1. The van der Waals surface area contributed by atoms with Crippen LogP contribution in [0.5, 0.6) is 0 Å². The van der Waals surface area contributed by atoms with Crippen LogP contribution in [0.2, 0.25) is 0 Å². The van der Waals surface area contributed by atoms with Gasteiger partial charge in [0.1, 0.15) is 5.82 Å². The largest absolute Gasteiger partial charge is 0.320 e. The summed E-state index contributed by atoms with van der Waals surface area (Å²) in [5.74, 6) is 4.63. The normalized spacial score (nSPS) is 12.6. The van der Waals surface area contributed by atoms with Crippen molar-refractivity contribution in [3.63, 3.8) is 0 Å².